The highest BCUT2D eigenvalue weighted by atomic mass is 16.6. The number of azo groups is 1. The second-order valence-electron chi connectivity index (χ2n) is 7.06. The fraction of sp³-hybridized carbons (Fsp3) is 0.364. The number of aliphatic hydroxyl groups is 2. The minimum Gasteiger partial charge on any atom is -0.380 e. The Kier molecular flexibility index (Phi) is 9.54. The van der Waals surface area contributed by atoms with Crippen LogP contribution in [0.2, 0.25) is 0 Å². The SMILES string of the molecule is CC(O)N(CCOCCc1ccc(N=Nc2cccc([N+](=O)[O-])c2)c(C#N)c1C#N)C(C)O. The second-order valence-corrected chi connectivity index (χ2v) is 7.06. The lowest BCUT2D eigenvalue weighted by Gasteiger charge is -2.27. The lowest BCUT2D eigenvalue weighted by Crippen LogP contribution is -2.42. The molecule has 11 nitrogen and oxygen atoms in total. The molecule has 0 bridgehead atoms. The van der Waals surface area contributed by atoms with Gasteiger partial charge in [-0.05, 0) is 38.0 Å². The summed E-state index contributed by atoms with van der Waals surface area (Å²) in [6.07, 6.45) is -1.27. The molecule has 0 saturated heterocycles. The monoisotopic (exact) mass is 452 g/mol. The van der Waals surface area contributed by atoms with E-state index >= 15 is 0 Å². The van der Waals surface area contributed by atoms with E-state index in [1.165, 1.54) is 29.2 Å². The number of hydrogen-bond donors (Lipinski definition) is 2. The van der Waals surface area contributed by atoms with Crippen molar-refractivity contribution in [2.45, 2.75) is 32.7 Å². The van der Waals surface area contributed by atoms with Crippen molar-refractivity contribution in [2.75, 3.05) is 19.8 Å². The summed E-state index contributed by atoms with van der Waals surface area (Å²) in [6.45, 7) is 3.95. The Hall–Kier alpha value is -3.74. The van der Waals surface area contributed by atoms with Crippen LogP contribution in [-0.4, -0.2) is 52.3 Å². The lowest BCUT2D eigenvalue weighted by molar-refractivity contribution is -0.384. The molecule has 2 aromatic carbocycles. The van der Waals surface area contributed by atoms with E-state index in [-0.39, 0.29) is 41.4 Å². The molecule has 0 aliphatic heterocycles. The van der Waals surface area contributed by atoms with Gasteiger partial charge in [-0.3, -0.25) is 15.0 Å². The average Bonchev–Trinajstić information content (AvgIpc) is 2.79. The van der Waals surface area contributed by atoms with Crippen LogP contribution >= 0.6 is 0 Å². The molecule has 11 heteroatoms. The summed E-state index contributed by atoms with van der Waals surface area (Å²) in [5, 5.41) is 57.2. The minimum atomic E-state index is -0.819. The van der Waals surface area contributed by atoms with Gasteiger partial charge in [0.1, 0.15) is 30.3 Å². The van der Waals surface area contributed by atoms with Crippen molar-refractivity contribution in [1.82, 2.24) is 4.90 Å². The summed E-state index contributed by atoms with van der Waals surface area (Å²) < 4.78 is 5.55. The quantitative estimate of drug-likeness (QED) is 0.172. The average molecular weight is 452 g/mol. The maximum absolute atomic E-state index is 10.9. The van der Waals surface area contributed by atoms with Gasteiger partial charge in [-0.25, -0.2) is 0 Å². The van der Waals surface area contributed by atoms with Gasteiger partial charge in [0.25, 0.3) is 5.69 Å². The molecule has 0 aromatic heterocycles. The van der Waals surface area contributed by atoms with Crippen LogP contribution in [0.1, 0.15) is 30.5 Å². The van der Waals surface area contributed by atoms with E-state index in [1.54, 1.807) is 26.0 Å². The third-order valence-corrected chi connectivity index (χ3v) is 4.78. The molecule has 2 rings (SSSR count). The van der Waals surface area contributed by atoms with Crippen molar-refractivity contribution in [1.29, 1.82) is 10.5 Å². The molecule has 0 spiro atoms. The maximum Gasteiger partial charge on any atom is 0.271 e. The Morgan fingerprint density at radius 3 is 2.39 bits per heavy atom. The predicted molar refractivity (Wildman–Crippen MR) is 118 cm³/mol. The second kappa shape index (κ2) is 12.3. The van der Waals surface area contributed by atoms with Crippen LogP contribution in [-0.2, 0) is 11.2 Å². The Balaban J connectivity index is 2.09. The van der Waals surface area contributed by atoms with Gasteiger partial charge < -0.3 is 14.9 Å². The van der Waals surface area contributed by atoms with Crippen LogP contribution in [0.3, 0.4) is 0 Å². The molecular weight excluding hydrogens is 428 g/mol. The van der Waals surface area contributed by atoms with Crippen molar-refractivity contribution in [3.05, 3.63) is 63.2 Å². The van der Waals surface area contributed by atoms with Gasteiger partial charge >= 0.3 is 0 Å². The number of ether oxygens (including phenoxy) is 1. The van der Waals surface area contributed by atoms with Gasteiger partial charge in [-0.2, -0.15) is 15.6 Å². The number of aliphatic hydroxyl groups excluding tert-OH is 2. The number of nitro benzene ring substituents is 1. The van der Waals surface area contributed by atoms with Crippen LogP contribution < -0.4 is 0 Å². The molecule has 0 heterocycles. The molecule has 0 fully saturated rings. The first kappa shape index (κ1) is 25.5. The zero-order valence-electron chi connectivity index (χ0n) is 18.2. The lowest BCUT2D eigenvalue weighted by atomic mass is 9.99. The van der Waals surface area contributed by atoms with Gasteiger partial charge in [-0.1, -0.05) is 12.1 Å². The molecule has 0 aliphatic carbocycles. The number of nitro groups is 1. The first-order chi connectivity index (χ1) is 15.8. The molecule has 33 heavy (non-hydrogen) atoms. The van der Waals surface area contributed by atoms with Crippen LogP contribution in [0, 0.1) is 32.8 Å². The maximum atomic E-state index is 10.9. The van der Waals surface area contributed by atoms with Crippen LogP contribution in [0.15, 0.2) is 46.6 Å². The van der Waals surface area contributed by atoms with Crippen LogP contribution in [0.4, 0.5) is 17.1 Å². The molecule has 172 valence electrons. The van der Waals surface area contributed by atoms with E-state index in [4.69, 9.17) is 4.74 Å². The number of nitrogens with zero attached hydrogens (tertiary/aromatic N) is 6. The largest absolute Gasteiger partial charge is 0.380 e. The van der Waals surface area contributed by atoms with E-state index < -0.39 is 17.4 Å². The first-order valence-corrected chi connectivity index (χ1v) is 10.1. The van der Waals surface area contributed by atoms with Crippen molar-refractivity contribution in [3.63, 3.8) is 0 Å². The van der Waals surface area contributed by atoms with Crippen molar-refractivity contribution < 1.29 is 19.9 Å². The van der Waals surface area contributed by atoms with Gasteiger partial charge in [0.15, 0.2) is 0 Å². The van der Waals surface area contributed by atoms with Gasteiger partial charge in [0, 0.05) is 18.7 Å². The molecular formula is C22H24N6O5. The van der Waals surface area contributed by atoms with E-state index in [9.17, 15) is 30.9 Å². The number of non-ortho nitro benzene ring substituents is 1. The normalized spacial score (nSPS) is 12.9. The third-order valence-electron chi connectivity index (χ3n) is 4.78. The van der Waals surface area contributed by atoms with Crippen molar-refractivity contribution >= 4 is 17.1 Å². The summed E-state index contributed by atoms with van der Waals surface area (Å²) in [7, 11) is 0. The molecule has 2 unspecified atom stereocenters. The Bertz CT molecular complexity index is 1080. The zero-order valence-corrected chi connectivity index (χ0v) is 18.2. The van der Waals surface area contributed by atoms with Crippen LogP contribution in [0.5, 0.6) is 0 Å². The van der Waals surface area contributed by atoms with Gasteiger partial charge in [-0.15, -0.1) is 5.11 Å². The Morgan fingerprint density at radius 2 is 1.79 bits per heavy atom. The summed E-state index contributed by atoms with van der Waals surface area (Å²) in [4.78, 5) is 11.8. The smallest absolute Gasteiger partial charge is 0.271 e. The summed E-state index contributed by atoms with van der Waals surface area (Å²) in [5.74, 6) is 0. The first-order valence-electron chi connectivity index (χ1n) is 10.1. The molecule has 0 aliphatic rings. The molecule has 2 atom stereocenters. The van der Waals surface area contributed by atoms with E-state index in [0.29, 0.717) is 18.5 Å². The fourth-order valence-corrected chi connectivity index (χ4v) is 3.09. The summed E-state index contributed by atoms with van der Waals surface area (Å²) in [6, 6.07) is 12.8. The minimum absolute atomic E-state index is 0.0542. The summed E-state index contributed by atoms with van der Waals surface area (Å²) >= 11 is 0. The Morgan fingerprint density at radius 1 is 1.09 bits per heavy atom. The fourth-order valence-electron chi connectivity index (χ4n) is 3.09. The highest BCUT2D eigenvalue weighted by Crippen LogP contribution is 2.28. The van der Waals surface area contributed by atoms with E-state index in [1.807, 2.05) is 12.1 Å². The van der Waals surface area contributed by atoms with E-state index in [0.717, 1.165) is 0 Å². The highest BCUT2D eigenvalue weighted by Gasteiger charge is 2.16. The topological polar surface area (TPSA) is 168 Å². The molecule has 0 saturated carbocycles. The Labute approximate surface area is 190 Å². The number of hydrogen-bond acceptors (Lipinski definition) is 10. The third kappa shape index (κ3) is 7.14. The zero-order chi connectivity index (χ0) is 24.4. The molecule has 0 amide bonds. The molecule has 2 aromatic rings. The van der Waals surface area contributed by atoms with E-state index in [2.05, 4.69) is 10.2 Å². The highest BCUT2D eigenvalue weighted by molar-refractivity contribution is 5.63. The standard InChI is InChI=1S/C22H24N6O5/c1-15(29)27(16(2)30)9-11-33-10-8-17-6-7-22(21(14-24)20(17)13-23)26-25-18-4-3-5-19(12-18)28(31)32/h3-7,12,15-16,29-30H,8-11H2,1-2H3. The molecule has 2 N–H and O–H groups in total. The molecule has 0 radical (unpaired) electrons. The predicted octanol–water partition coefficient (Wildman–Crippen LogP) is 3.29. The van der Waals surface area contributed by atoms with Crippen molar-refractivity contribution in [3.8, 4) is 12.1 Å². The summed E-state index contributed by atoms with van der Waals surface area (Å²) in [5.41, 5.74) is 1.10. The van der Waals surface area contributed by atoms with Gasteiger partial charge in [0.2, 0.25) is 0 Å². The van der Waals surface area contributed by atoms with Crippen molar-refractivity contribution in [2.24, 2.45) is 10.2 Å². The number of rotatable bonds is 11. The van der Waals surface area contributed by atoms with Gasteiger partial charge in [0.05, 0.1) is 35.0 Å². The van der Waals surface area contributed by atoms with Crippen LogP contribution in [0.25, 0.3) is 0 Å². The number of benzene rings is 2. The number of nitriles is 2.